The molecule has 2 aromatic carbocycles. The van der Waals surface area contributed by atoms with E-state index in [9.17, 15) is 19.7 Å². The van der Waals surface area contributed by atoms with Crippen LogP contribution in [-0.4, -0.2) is 54.0 Å². The minimum absolute atomic E-state index is 0.0729. The highest BCUT2D eigenvalue weighted by Crippen LogP contribution is 2.29. The van der Waals surface area contributed by atoms with Gasteiger partial charge in [-0.1, -0.05) is 22.0 Å². The number of non-ortho nitro benzene ring substituents is 1. The molecular weight excluding hydrogens is 502 g/mol. The van der Waals surface area contributed by atoms with Crippen LogP contribution in [0.2, 0.25) is 0 Å². The van der Waals surface area contributed by atoms with Crippen LogP contribution in [-0.2, 0) is 4.79 Å². The van der Waals surface area contributed by atoms with Crippen molar-refractivity contribution in [3.8, 4) is 0 Å². The fraction of sp³-hybridized carbons (Fsp3) is 0.375. The normalized spacial score (nSPS) is 15.9. The number of rotatable bonds is 8. The number of hydrogen-bond acceptors (Lipinski definition) is 6. The summed E-state index contributed by atoms with van der Waals surface area (Å²) in [5.41, 5.74) is 4.07. The fourth-order valence-electron chi connectivity index (χ4n) is 4.09. The summed E-state index contributed by atoms with van der Waals surface area (Å²) in [6.07, 6.45) is 3.06. The van der Waals surface area contributed by atoms with E-state index >= 15 is 0 Å². The molecule has 0 radical (unpaired) electrons. The van der Waals surface area contributed by atoms with Gasteiger partial charge in [0.05, 0.1) is 17.1 Å². The van der Waals surface area contributed by atoms with E-state index in [0.29, 0.717) is 30.8 Å². The monoisotopic (exact) mass is 529 g/mol. The van der Waals surface area contributed by atoms with Gasteiger partial charge in [0, 0.05) is 59.6 Å². The van der Waals surface area contributed by atoms with Crippen LogP contribution in [0.15, 0.2) is 52.0 Å². The lowest BCUT2D eigenvalue weighted by molar-refractivity contribution is -0.384. The molecule has 1 saturated heterocycles. The maximum absolute atomic E-state index is 12.9. The van der Waals surface area contributed by atoms with Crippen molar-refractivity contribution in [2.24, 2.45) is 11.0 Å². The van der Waals surface area contributed by atoms with E-state index in [1.54, 1.807) is 24.3 Å². The highest BCUT2D eigenvalue weighted by atomic mass is 79.9. The first kappa shape index (κ1) is 25.4. The Balaban J connectivity index is 1.82. The van der Waals surface area contributed by atoms with Gasteiger partial charge in [-0.05, 0) is 51.0 Å². The summed E-state index contributed by atoms with van der Waals surface area (Å²) in [7, 11) is 0. The molecule has 1 fully saturated rings. The van der Waals surface area contributed by atoms with Gasteiger partial charge in [-0.15, -0.1) is 0 Å². The van der Waals surface area contributed by atoms with E-state index in [0.717, 1.165) is 29.5 Å². The third-order valence-electron chi connectivity index (χ3n) is 5.86. The van der Waals surface area contributed by atoms with E-state index in [-0.39, 0.29) is 17.5 Å². The molecule has 2 aromatic rings. The predicted molar refractivity (Wildman–Crippen MR) is 135 cm³/mol. The Labute approximate surface area is 207 Å². The summed E-state index contributed by atoms with van der Waals surface area (Å²) in [5, 5.41) is 15.4. The summed E-state index contributed by atoms with van der Waals surface area (Å²) < 4.78 is 0.768. The smallest absolute Gasteiger partial charge is 0.271 e. The molecule has 0 bridgehead atoms. The Morgan fingerprint density at radius 2 is 2.03 bits per heavy atom. The predicted octanol–water partition coefficient (Wildman–Crippen LogP) is 4.21. The Morgan fingerprint density at radius 1 is 1.26 bits per heavy atom. The lowest BCUT2D eigenvalue weighted by atomic mass is 9.95. The maximum Gasteiger partial charge on any atom is 0.271 e. The first-order valence-electron chi connectivity index (χ1n) is 11.2. The molecule has 0 aliphatic carbocycles. The van der Waals surface area contributed by atoms with E-state index in [2.05, 4.69) is 31.4 Å². The van der Waals surface area contributed by atoms with Crippen molar-refractivity contribution < 1.29 is 14.5 Å². The Bertz CT molecular complexity index is 1090. The van der Waals surface area contributed by atoms with Crippen molar-refractivity contribution in [3.63, 3.8) is 0 Å². The second-order valence-corrected chi connectivity index (χ2v) is 8.92. The van der Waals surface area contributed by atoms with Gasteiger partial charge in [0.25, 0.3) is 11.6 Å². The van der Waals surface area contributed by atoms with E-state index < -0.39 is 10.8 Å². The van der Waals surface area contributed by atoms with Crippen molar-refractivity contribution in [2.75, 3.05) is 31.1 Å². The minimum Gasteiger partial charge on any atom is -0.370 e. The summed E-state index contributed by atoms with van der Waals surface area (Å²) in [5.74, 6) is -0.398. The molecule has 2 amide bonds. The number of benzene rings is 2. The topological polar surface area (TPSA) is 108 Å². The SMILES string of the molecule is CCN(CC)C(=O)C1CCCN(c2ccc([N+](=O)[O-])cc2C=NNC(=O)c2cccc(Br)c2)C1. The molecule has 0 saturated carbocycles. The molecule has 0 spiro atoms. The first-order chi connectivity index (χ1) is 16.3. The van der Waals surface area contributed by atoms with Gasteiger partial charge < -0.3 is 9.80 Å². The molecule has 1 aliphatic heterocycles. The number of nitro groups is 1. The van der Waals surface area contributed by atoms with Crippen molar-refractivity contribution in [3.05, 3.63) is 68.2 Å². The number of nitro benzene ring substituents is 1. The number of amides is 2. The minimum atomic E-state index is -0.468. The molecule has 1 N–H and O–H groups in total. The first-order valence-corrected chi connectivity index (χ1v) is 12.0. The number of hydrogen-bond donors (Lipinski definition) is 1. The van der Waals surface area contributed by atoms with Crippen molar-refractivity contribution in [2.45, 2.75) is 26.7 Å². The molecular formula is C24H28BrN5O4. The molecule has 1 atom stereocenters. The molecule has 180 valence electrons. The maximum atomic E-state index is 12.9. The fourth-order valence-corrected chi connectivity index (χ4v) is 4.49. The number of nitrogens with zero attached hydrogens (tertiary/aromatic N) is 4. The van der Waals surface area contributed by atoms with E-state index in [1.807, 2.05) is 24.8 Å². The highest BCUT2D eigenvalue weighted by molar-refractivity contribution is 9.10. The van der Waals surface area contributed by atoms with Gasteiger partial charge in [-0.2, -0.15) is 5.10 Å². The standard InChI is InChI=1S/C24H28BrN5O4/c1-3-28(4-2)24(32)18-8-6-12-29(16-18)22-11-10-21(30(33)34)14-19(22)15-26-27-23(31)17-7-5-9-20(25)13-17/h5,7,9-11,13-15,18H,3-4,6,8,12,16H2,1-2H3,(H,27,31). The van der Waals surface area contributed by atoms with Crippen molar-refractivity contribution in [1.82, 2.24) is 10.3 Å². The van der Waals surface area contributed by atoms with Crippen LogP contribution in [0.1, 0.15) is 42.6 Å². The third kappa shape index (κ3) is 6.19. The van der Waals surface area contributed by atoms with Crippen LogP contribution in [0.5, 0.6) is 0 Å². The van der Waals surface area contributed by atoms with Gasteiger partial charge >= 0.3 is 0 Å². The zero-order valence-electron chi connectivity index (χ0n) is 19.2. The number of halogens is 1. The molecule has 10 heteroatoms. The second-order valence-electron chi connectivity index (χ2n) is 8.01. The highest BCUT2D eigenvalue weighted by Gasteiger charge is 2.29. The van der Waals surface area contributed by atoms with Gasteiger partial charge in [-0.25, -0.2) is 5.43 Å². The van der Waals surface area contributed by atoms with Crippen LogP contribution in [0, 0.1) is 16.0 Å². The average Bonchev–Trinajstić information content (AvgIpc) is 2.84. The quantitative estimate of drug-likeness (QED) is 0.313. The van der Waals surface area contributed by atoms with E-state index in [4.69, 9.17) is 0 Å². The third-order valence-corrected chi connectivity index (χ3v) is 6.36. The summed E-state index contributed by atoms with van der Waals surface area (Å²) in [4.78, 5) is 40.1. The molecule has 3 rings (SSSR count). The molecule has 1 unspecified atom stereocenters. The number of carbonyl (C=O) groups excluding carboxylic acids is 2. The molecule has 0 aromatic heterocycles. The van der Waals surface area contributed by atoms with Crippen molar-refractivity contribution >= 4 is 45.3 Å². The lowest BCUT2D eigenvalue weighted by Gasteiger charge is -2.36. The zero-order valence-corrected chi connectivity index (χ0v) is 20.8. The molecule has 1 aliphatic rings. The average molecular weight is 530 g/mol. The van der Waals surface area contributed by atoms with Crippen LogP contribution < -0.4 is 10.3 Å². The summed E-state index contributed by atoms with van der Waals surface area (Å²) in [6, 6.07) is 11.4. The summed E-state index contributed by atoms with van der Waals surface area (Å²) in [6.45, 7) is 6.52. The number of anilines is 1. The van der Waals surface area contributed by atoms with Crippen LogP contribution in [0.25, 0.3) is 0 Å². The largest absolute Gasteiger partial charge is 0.370 e. The zero-order chi connectivity index (χ0) is 24.7. The summed E-state index contributed by atoms with van der Waals surface area (Å²) >= 11 is 3.33. The Morgan fingerprint density at radius 3 is 2.71 bits per heavy atom. The van der Waals surface area contributed by atoms with E-state index in [1.165, 1.54) is 18.3 Å². The molecule has 34 heavy (non-hydrogen) atoms. The van der Waals surface area contributed by atoms with Crippen LogP contribution in [0.4, 0.5) is 11.4 Å². The van der Waals surface area contributed by atoms with Crippen molar-refractivity contribution in [1.29, 1.82) is 0 Å². The molecule has 1 heterocycles. The number of nitrogens with one attached hydrogen (secondary N) is 1. The number of carbonyl (C=O) groups is 2. The van der Waals surface area contributed by atoms with Gasteiger partial charge in [0.2, 0.25) is 5.91 Å². The number of hydrazone groups is 1. The van der Waals surface area contributed by atoms with Gasteiger partial charge in [-0.3, -0.25) is 19.7 Å². The van der Waals surface area contributed by atoms with Gasteiger partial charge in [0.1, 0.15) is 0 Å². The second kappa shape index (κ2) is 11.7. The Kier molecular flexibility index (Phi) is 8.75. The van der Waals surface area contributed by atoms with Gasteiger partial charge in [0.15, 0.2) is 0 Å². The van der Waals surface area contributed by atoms with Crippen LogP contribution in [0.3, 0.4) is 0 Å². The lowest BCUT2D eigenvalue weighted by Crippen LogP contribution is -2.45. The number of piperidine rings is 1. The van der Waals surface area contributed by atoms with Crippen LogP contribution >= 0.6 is 15.9 Å². The Hall–Kier alpha value is -3.27. The molecule has 9 nitrogen and oxygen atoms in total.